The van der Waals surface area contributed by atoms with Crippen molar-refractivity contribution in [2.75, 3.05) is 19.8 Å². The SMILES string of the molecule is CCCCCOc1ccc([C@@H]2/C(=C(\O)c3ccc4c(c3)C[C@@H](C)O4)C(=O)C(=O)N2CCc2ccccc2)cc1OCC. The Labute approximate surface area is 247 Å². The van der Waals surface area contributed by atoms with E-state index < -0.39 is 17.7 Å². The van der Waals surface area contributed by atoms with Gasteiger partial charge in [-0.05, 0) is 73.7 Å². The van der Waals surface area contributed by atoms with E-state index in [-0.39, 0.29) is 17.4 Å². The fourth-order valence-corrected chi connectivity index (χ4v) is 5.69. The lowest BCUT2D eigenvalue weighted by Gasteiger charge is -2.26. The molecule has 0 saturated carbocycles. The Kier molecular flexibility index (Phi) is 9.15. The van der Waals surface area contributed by atoms with Gasteiger partial charge in [-0.2, -0.15) is 0 Å². The number of fused-ring (bicyclic) bond motifs is 1. The number of ketones is 1. The van der Waals surface area contributed by atoms with Crippen LogP contribution in [0.5, 0.6) is 17.2 Å². The summed E-state index contributed by atoms with van der Waals surface area (Å²) in [5.74, 6) is 0.409. The molecule has 1 fully saturated rings. The summed E-state index contributed by atoms with van der Waals surface area (Å²) < 4.78 is 17.8. The van der Waals surface area contributed by atoms with Crippen LogP contribution in [-0.4, -0.2) is 47.6 Å². The Balaban J connectivity index is 1.55. The van der Waals surface area contributed by atoms with Crippen molar-refractivity contribution in [3.63, 3.8) is 0 Å². The zero-order valence-corrected chi connectivity index (χ0v) is 24.6. The number of benzene rings is 3. The minimum atomic E-state index is -0.787. The highest BCUT2D eigenvalue weighted by molar-refractivity contribution is 6.46. The van der Waals surface area contributed by atoms with E-state index in [0.717, 1.165) is 36.1 Å². The molecule has 0 aliphatic carbocycles. The summed E-state index contributed by atoms with van der Waals surface area (Å²) in [5, 5.41) is 11.6. The molecule has 42 heavy (non-hydrogen) atoms. The number of Topliss-reactive ketones (excluding diaryl/α,β-unsaturated/α-hetero) is 1. The van der Waals surface area contributed by atoms with E-state index in [1.807, 2.05) is 74.5 Å². The van der Waals surface area contributed by atoms with Gasteiger partial charge in [0, 0.05) is 18.5 Å². The van der Waals surface area contributed by atoms with Crippen LogP contribution in [0.2, 0.25) is 0 Å². The second-order valence-electron chi connectivity index (χ2n) is 10.9. The van der Waals surface area contributed by atoms with Gasteiger partial charge in [0.2, 0.25) is 0 Å². The molecule has 2 heterocycles. The summed E-state index contributed by atoms with van der Waals surface area (Å²) in [4.78, 5) is 28.7. The molecule has 1 amide bonds. The molecule has 7 heteroatoms. The molecule has 0 bridgehead atoms. The molecule has 7 nitrogen and oxygen atoms in total. The summed E-state index contributed by atoms with van der Waals surface area (Å²) in [7, 11) is 0. The van der Waals surface area contributed by atoms with Crippen LogP contribution < -0.4 is 14.2 Å². The molecule has 2 aliphatic heterocycles. The van der Waals surface area contributed by atoms with E-state index >= 15 is 0 Å². The largest absolute Gasteiger partial charge is 0.507 e. The van der Waals surface area contributed by atoms with E-state index in [1.54, 1.807) is 11.0 Å². The molecular formula is C35H39NO6. The molecule has 3 aromatic rings. The quantitative estimate of drug-likeness (QED) is 0.114. The molecule has 220 valence electrons. The van der Waals surface area contributed by atoms with Gasteiger partial charge in [0.1, 0.15) is 17.6 Å². The van der Waals surface area contributed by atoms with Gasteiger partial charge < -0.3 is 24.2 Å². The average molecular weight is 570 g/mol. The highest BCUT2D eigenvalue weighted by Gasteiger charge is 2.46. The summed E-state index contributed by atoms with van der Waals surface area (Å²) >= 11 is 0. The van der Waals surface area contributed by atoms with Gasteiger partial charge in [0.25, 0.3) is 11.7 Å². The molecular weight excluding hydrogens is 530 g/mol. The van der Waals surface area contributed by atoms with E-state index in [4.69, 9.17) is 14.2 Å². The maximum atomic E-state index is 13.6. The topological polar surface area (TPSA) is 85.3 Å². The predicted octanol–water partition coefficient (Wildman–Crippen LogP) is 6.64. The lowest BCUT2D eigenvalue weighted by atomic mass is 9.94. The van der Waals surface area contributed by atoms with Crippen molar-refractivity contribution in [3.8, 4) is 17.2 Å². The van der Waals surface area contributed by atoms with Crippen molar-refractivity contribution >= 4 is 17.4 Å². The van der Waals surface area contributed by atoms with Crippen molar-refractivity contribution in [1.82, 2.24) is 4.90 Å². The predicted molar refractivity (Wildman–Crippen MR) is 162 cm³/mol. The summed E-state index contributed by atoms with van der Waals surface area (Å²) in [6, 6.07) is 20.0. The molecule has 3 aromatic carbocycles. The number of likely N-dealkylation sites (tertiary alicyclic amines) is 1. The van der Waals surface area contributed by atoms with E-state index in [0.29, 0.717) is 55.2 Å². The first kappa shape index (κ1) is 29.2. The lowest BCUT2D eigenvalue weighted by molar-refractivity contribution is -0.139. The third kappa shape index (κ3) is 6.15. The number of hydrogen-bond acceptors (Lipinski definition) is 6. The van der Waals surface area contributed by atoms with Crippen molar-refractivity contribution in [1.29, 1.82) is 0 Å². The summed E-state index contributed by atoms with van der Waals surface area (Å²) in [6.45, 7) is 7.35. The van der Waals surface area contributed by atoms with Gasteiger partial charge in [-0.25, -0.2) is 0 Å². The molecule has 0 radical (unpaired) electrons. The second kappa shape index (κ2) is 13.1. The number of carbonyl (C=O) groups excluding carboxylic acids is 2. The van der Waals surface area contributed by atoms with Gasteiger partial charge >= 0.3 is 0 Å². The third-order valence-electron chi connectivity index (χ3n) is 7.78. The minimum absolute atomic E-state index is 0.0423. The van der Waals surface area contributed by atoms with Gasteiger partial charge in [-0.3, -0.25) is 9.59 Å². The number of hydrogen-bond donors (Lipinski definition) is 1. The normalized spacial score (nSPS) is 19.1. The summed E-state index contributed by atoms with van der Waals surface area (Å²) in [5.41, 5.74) is 3.24. The van der Waals surface area contributed by atoms with Crippen LogP contribution in [0.3, 0.4) is 0 Å². The molecule has 0 aromatic heterocycles. The van der Waals surface area contributed by atoms with Crippen LogP contribution in [-0.2, 0) is 22.4 Å². The fourth-order valence-electron chi connectivity index (χ4n) is 5.69. The molecule has 2 aliphatic rings. The van der Waals surface area contributed by atoms with Crippen LogP contribution in [0.25, 0.3) is 5.76 Å². The van der Waals surface area contributed by atoms with Crippen LogP contribution in [0.4, 0.5) is 0 Å². The van der Waals surface area contributed by atoms with E-state index in [2.05, 4.69) is 6.92 Å². The number of nitrogens with zero attached hydrogens (tertiary/aromatic N) is 1. The first-order valence-electron chi connectivity index (χ1n) is 14.9. The third-order valence-corrected chi connectivity index (χ3v) is 7.78. The number of rotatable bonds is 12. The lowest BCUT2D eigenvalue weighted by Crippen LogP contribution is -2.31. The number of carbonyl (C=O) groups is 2. The highest BCUT2D eigenvalue weighted by Crippen LogP contribution is 2.43. The van der Waals surface area contributed by atoms with Crippen molar-refractivity contribution in [2.45, 2.75) is 65.0 Å². The second-order valence-corrected chi connectivity index (χ2v) is 10.9. The first-order chi connectivity index (χ1) is 20.4. The number of aliphatic hydroxyl groups excluding tert-OH is 1. The highest BCUT2D eigenvalue weighted by atomic mass is 16.5. The zero-order valence-electron chi connectivity index (χ0n) is 24.6. The molecule has 1 saturated heterocycles. The van der Waals surface area contributed by atoms with Crippen molar-refractivity contribution < 1.29 is 28.9 Å². The smallest absolute Gasteiger partial charge is 0.295 e. The Morgan fingerprint density at radius 2 is 1.79 bits per heavy atom. The molecule has 5 rings (SSSR count). The molecule has 0 unspecified atom stereocenters. The van der Waals surface area contributed by atoms with Gasteiger partial charge in [0.15, 0.2) is 11.5 Å². The van der Waals surface area contributed by atoms with Gasteiger partial charge in [0.05, 0.1) is 24.8 Å². The van der Waals surface area contributed by atoms with Crippen LogP contribution in [0, 0.1) is 0 Å². The Morgan fingerprint density at radius 3 is 2.55 bits per heavy atom. The maximum Gasteiger partial charge on any atom is 0.295 e. The Bertz CT molecular complexity index is 1460. The van der Waals surface area contributed by atoms with Crippen molar-refractivity contribution in [2.24, 2.45) is 0 Å². The minimum Gasteiger partial charge on any atom is -0.507 e. The first-order valence-corrected chi connectivity index (χ1v) is 14.9. The fraction of sp³-hybridized carbons (Fsp3) is 0.371. The van der Waals surface area contributed by atoms with Crippen LogP contribution in [0.1, 0.15) is 68.3 Å². The van der Waals surface area contributed by atoms with Crippen LogP contribution in [0.15, 0.2) is 72.3 Å². The number of amides is 1. The van der Waals surface area contributed by atoms with Gasteiger partial charge in [-0.15, -0.1) is 0 Å². The maximum absolute atomic E-state index is 13.6. The molecule has 2 atom stereocenters. The average Bonchev–Trinajstić information content (AvgIpc) is 3.50. The van der Waals surface area contributed by atoms with E-state index in [9.17, 15) is 14.7 Å². The van der Waals surface area contributed by atoms with Gasteiger partial charge in [-0.1, -0.05) is 56.2 Å². The molecule has 0 spiro atoms. The number of unbranched alkanes of at least 4 members (excludes halogenated alkanes) is 2. The van der Waals surface area contributed by atoms with Crippen LogP contribution >= 0.6 is 0 Å². The number of ether oxygens (including phenoxy) is 3. The standard InChI is InChI=1S/C35H39NO6/c1-4-6-10-19-41-29-16-13-25(22-30(29)40-5-2)32-31(33(37)26-14-15-28-27(21-26)20-23(3)42-28)34(38)35(39)36(32)18-17-24-11-8-7-9-12-24/h7-9,11-16,21-23,32,37H,4-6,10,17-20H2,1-3H3/b33-31+/t23-,32-/m1/s1. The molecule has 1 N–H and O–H groups in total. The van der Waals surface area contributed by atoms with E-state index in [1.165, 1.54) is 0 Å². The number of aliphatic hydroxyl groups is 1. The Morgan fingerprint density at radius 1 is 0.976 bits per heavy atom. The monoisotopic (exact) mass is 569 g/mol. The van der Waals surface area contributed by atoms with Crippen molar-refractivity contribution in [3.05, 3.63) is 94.6 Å². The summed E-state index contributed by atoms with van der Waals surface area (Å²) in [6.07, 6.45) is 4.43. The zero-order chi connectivity index (χ0) is 29.6. The Hall–Kier alpha value is -4.26.